The van der Waals surface area contributed by atoms with Crippen LogP contribution in [-0.2, 0) is 14.2 Å². The maximum atomic E-state index is 10.8. The van der Waals surface area contributed by atoms with E-state index in [1.54, 1.807) is 0 Å². The van der Waals surface area contributed by atoms with Crippen LogP contribution < -0.4 is 0 Å². The molecule has 0 aromatic rings. The summed E-state index contributed by atoms with van der Waals surface area (Å²) in [7, 11) is 0. The Hall–Kier alpha value is -0.320. The molecular formula is C21H36O8. The first-order valence-electron chi connectivity index (χ1n) is 10.8. The number of aliphatic hydroxyl groups is 5. The molecule has 4 rings (SSSR count). The normalized spacial score (nSPS) is 53.0. The van der Waals surface area contributed by atoms with Crippen molar-refractivity contribution in [2.24, 2.45) is 17.3 Å². The number of hydrogen-bond donors (Lipinski definition) is 5. The summed E-state index contributed by atoms with van der Waals surface area (Å²) in [4.78, 5) is 0. The summed E-state index contributed by atoms with van der Waals surface area (Å²) >= 11 is 0. The summed E-state index contributed by atoms with van der Waals surface area (Å²) in [6.07, 6.45) is -2.52. The van der Waals surface area contributed by atoms with Crippen LogP contribution >= 0.6 is 0 Å². The largest absolute Gasteiger partial charge is 0.394 e. The molecular weight excluding hydrogens is 380 g/mol. The van der Waals surface area contributed by atoms with Gasteiger partial charge in [0.1, 0.15) is 24.4 Å². The van der Waals surface area contributed by atoms with E-state index in [0.717, 1.165) is 32.1 Å². The fourth-order valence-corrected chi connectivity index (χ4v) is 6.33. The molecule has 8 nitrogen and oxygen atoms in total. The van der Waals surface area contributed by atoms with Gasteiger partial charge in [-0.1, -0.05) is 0 Å². The topological polar surface area (TPSA) is 129 Å². The second-order valence-corrected chi connectivity index (χ2v) is 10.3. The van der Waals surface area contributed by atoms with E-state index in [9.17, 15) is 25.5 Å². The molecule has 5 N–H and O–H groups in total. The maximum absolute atomic E-state index is 10.8. The fourth-order valence-electron chi connectivity index (χ4n) is 6.33. The zero-order valence-corrected chi connectivity index (χ0v) is 17.5. The zero-order valence-electron chi connectivity index (χ0n) is 17.5. The predicted octanol–water partition coefficient (Wildman–Crippen LogP) is -0.0722. The highest BCUT2D eigenvalue weighted by atomic mass is 16.7. The van der Waals surface area contributed by atoms with Crippen molar-refractivity contribution < 1.29 is 39.7 Å². The maximum Gasteiger partial charge on any atom is 0.187 e. The molecule has 0 aromatic heterocycles. The molecule has 0 unspecified atom stereocenters. The molecule has 10 atom stereocenters. The molecule has 2 heterocycles. The standard InChI is InChI=1S/C21H36O8/c1-19(2,29-18-17(26)16(25)15(24)12(9-22)28-18)11-4-7-21-10-27-20(3,13(21)8-11)6-5-14(21)23/h11-18,22-26H,4-10H2,1-3H3/t11-,12-,13+,14-,15-,16+,17-,18+,20-,21-/m1/s1. The SMILES string of the molecule is CC(C)(O[C@@H]1O[C@H](CO)[C@@H](O)[C@H](O)[C@H]1O)[C@@H]1CC[C@]23CO[C@](C)(CC[C@H]2O)[C@@H]3C1. The third-order valence-corrected chi connectivity index (χ3v) is 8.41. The minimum Gasteiger partial charge on any atom is -0.394 e. The van der Waals surface area contributed by atoms with Crippen molar-refractivity contribution in [3.8, 4) is 0 Å². The van der Waals surface area contributed by atoms with Gasteiger partial charge in [-0.3, -0.25) is 0 Å². The molecule has 0 radical (unpaired) electrons. The smallest absolute Gasteiger partial charge is 0.187 e. The van der Waals surface area contributed by atoms with Crippen LogP contribution in [0.15, 0.2) is 0 Å². The van der Waals surface area contributed by atoms with E-state index in [1.807, 2.05) is 13.8 Å². The molecule has 4 fully saturated rings. The van der Waals surface area contributed by atoms with Gasteiger partial charge in [0, 0.05) is 5.41 Å². The van der Waals surface area contributed by atoms with Gasteiger partial charge in [0.15, 0.2) is 6.29 Å². The van der Waals surface area contributed by atoms with Crippen molar-refractivity contribution in [2.45, 2.75) is 101 Å². The summed E-state index contributed by atoms with van der Waals surface area (Å²) in [5.41, 5.74) is -1.08. The van der Waals surface area contributed by atoms with Gasteiger partial charge in [-0.25, -0.2) is 0 Å². The van der Waals surface area contributed by atoms with Gasteiger partial charge < -0.3 is 39.7 Å². The number of ether oxygens (including phenoxy) is 3. The highest BCUT2D eigenvalue weighted by Crippen LogP contribution is 2.62. The van der Waals surface area contributed by atoms with Crippen molar-refractivity contribution in [1.29, 1.82) is 0 Å². The molecule has 0 aromatic carbocycles. The monoisotopic (exact) mass is 416 g/mol. The van der Waals surface area contributed by atoms with Gasteiger partial charge in [0.05, 0.1) is 30.5 Å². The van der Waals surface area contributed by atoms with Crippen LogP contribution in [-0.4, -0.2) is 86.8 Å². The van der Waals surface area contributed by atoms with Crippen molar-refractivity contribution in [2.75, 3.05) is 13.2 Å². The molecule has 29 heavy (non-hydrogen) atoms. The highest BCUT2D eigenvalue weighted by molar-refractivity contribution is 5.13. The van der Waals surface area contributed by atoms with Crippen LogP contribution in [0.2, 0.25) is 0 Å². The van der Waals surface area contributed by atoms with Gasteiger partial charge in [-0.15, -0.1) is 0 Å². The molecule has 0 spiro atoms. The molecule has 2 aliphatic carbocycles. The molecule has 4 aliphatic rings. The summed E-state index contributed by atoms with van der Waals surface area (Å²) in [5, 5.41) is 50.5. The van der Waals surface area contributed by atoms with Crippen LogP contribution in [0.1, 0.15) is 52.9 Å². The molecule has 2 saturated carbocycles. The highest BCUT2D eigenvalue weighted by Gasteiger charge is 2.64. The molecule has 2 saturated heterocycles. The van der Waals surface area contributed by atoms with Gasteiger partial charge in [0.2, 0.25) is 0 Å². The van der Waals surface area contributed by atoms with Crippen LogP contribution in [0.5, 0.6) is 0 Å². The third kappa shape index (κ3) is 3.36. The van der Waals surface area contributed by atoms with Crippen molar-refractivity contribution in [1.82, 2.24) is 0 Å². The lowest BCUT2D eigenvalue weighted by Crippen LogP contribution is -2.61. The van der Waals surface area contributed by atoms with Crippen molar-refractivity contribution >= 4 is 0 Å². The van der Waals surface area contributed by atoms with Gasteiger partial charge in [0.25, 0.3) is 0 Å². The lowest BCUT2D eigenvalue weighted by molar-refractivity contribution is -0.330. The Morgan fingerprint density at radius 3 is 2.45 bits per heavy atom. The second kappa shape index (κ2) is 7.38. The average molecular weight is 417 g/mol. The lowest BCUT2D eigenvalue weighted by atomic mass is 9.52. The van der Waals surface area contributed by atoms with E-state index in [4.69, 9.17) is 14.2 Å². The van der Waals surface area contributed by atoms with Crippen molar-refractivity contribution in [3.05, 3.63) is 0 Å². The molecule has 0 amide bonds. The lowest BCUT2D eigenvalue weighted by Gasteiger charge is -2.54. The minimum atomic E-state index is -1.45. The molecule has 168 valence electrons. The first-order valence-corrected chi connectivity index (χ1v) is 10.8. The molecule has 2 aliphatic heterocycles. The average Bonchev–Trinajstić information content (AvgIpc) is 2.93. The second-order valence-electron chi connectivity index (χ2n) is 10.3. The van der Waals surface area contributed by atoms with E-state index in [0.29, 0.717) is 6.61 Å². The third-order valence-electron chi connectivity index (χ3n) is 8.41. The summed E-state index contributed by atoms with van der Waals surface area (Å²) < 4.78 is 17.9. The molecule has 2 bridgehead atoms. The Labute approximate surface area is 171 Å². The quantitative estimate of drug-likeness (QED) is 0.431. The summed E-state index contributed by atoms with van der Waals surface area (Å²) in [6, 6.07) is 0. The minimum absolute atomic E-state index is 0.152. The van der Waals surface area contributed by atoms with Gasteiger partial charge in [-0.05, 0) is 64.7 Å². The summed E-state index contributed by atoms with van der Waals surface area (Å²) in [5.74, 6) is 0.398. The van der Waals surface area contributed by atoms with Gasteiger partial charge in [-0.2, -0.15) is 0 Å². The van der Waals surface area contributed by atoms with Crippen LogP contribution in [0.3, 0.4) is 0 Å². The summed E-state index contributed by atoms with van der Waals surface area (Å²) in [6.45, 7) is 6.17. The van der Waals surface area contributed by atoms with E-state index >= 15 is 0 Å². The number of rotatable bonds is 4. The number of hydrogen-bond acceptors (Lipinski definition) is 8. The van der Waals surface area contributed by atoms with E-state index < -0.39 is 42.9 Å². The Morgan fingerprint density at radius 2 is 1.76 bits per heavy atom. The van der Waals surface area contributed by atoms with E-state index in [1.165, 1.54) is 0 Å². The van der Waals surface area contributed by atoms with E-state index in [-0.39, 0.29) is 29.0 Å². The predicted molar refractivity (Wildman–Crippen MR) is 102 cm³/mol. The van der Waals surface area contributed by atoms with Crippen LogP contribution in [0.4, 0.5) is 0 Å². The Bertz CT molecular complexity index is 611. The number of aliphatic hydroxyl groups excluding tert-OH is 5. The fraction of sp³-hybridized carbons (Fsp3) is 1.00. The molecule has 8 heteroatoms. The van der Waals surface area contributed by atoms with Gasteiger partial charge >= 0.3 is 0 Å². The Kier molecular flexibility index (Phi) is 5.57. The first kappa shape index (κ1) is 21.9. The Morgan fingerprint density at radius 1 is 1.03 bits per heavy atom. The van der Waals surface area contributed by atoms with Crippen molar-refractivity contribution in [3.63, 3.8) is 0 Å². The first-order chi connectivity index (χ1) is 13.5. The van der Waals surface area contributed by atoms with Crippen LogP contribution in [0, 0.1) is 17.3 Å². The van der Waals surface area contributed by atoms with Crippen LogP contribution in [0.25, 0.3) is 0 Å². The van der Waals surface area contributed by atoms with E-state index in [2.05, 4.69) is 6.92 Å². The Balaban J connectivity index is 1.49. The zero-order chi connectivity index (χ0) is 21.2.